The van der Waals surface area contributed by atoms with Crippen LogP contribution in [0.2, 0.25) is 5.15 Å². The van der Waals surface area contributed by atoms with Crippen LogP contribution in [0.1, 0.15) is 43.0 Å². The van der Waals surface area contributed by atoms with Crippen molar-refractivity contribution in [1.29, 1.82) is 0 Å². The fraction of sp³-hybridized carbons (Fsp3) is 0.333. The van der Waals surface area contributed by atoms with Crippen molar-refractivity contribution in [2.75, 3.05) is 18.5 Å². The molecule has 0 bridgehead atoms. The SMILES string of the molecule is CCOc1ccc([C@@H]2CC(=O)Nc3c2c(C)nn3-c2ccc(Cl)nn2)cc1OCC. The summed E-state index contributed by atoms with van der Waals surface area (Å²) in [6.45, 7) is 6.84. The van der Waals surface area contributed by atoms with Crippen LogP contribution in [0, 0.1) is 6.92 Å². The lowest BCUT2D eigenvalue weighted by Gasteiger charge is -2.25. The maximum absolute atomic E-state index is 12.6. The minimum atomic E-state index is -0.169. The Balaban J connectivity index is 1.80. The molecule has 9 heteroatoms. The van der Waals surface area contributed by atoms with Crippen LogP contribution < -0.4 is 14.8 Å². The molecule has 30 heavy (non-hydrogen) atoms. The Morgan fingerprint density at radius 1 is 1.13 bits per heavy atom. The smallest absolute Gasteiger partial charge is 0.226 e. The van der Waals surface area contributed by atoms with E-state index in [9.17, 15) is 4.79 Å². The molecule has 0 saturated carbocycles. The molecule has 156 valence electrons. The Hall–Kier alpha value is -3.13. The summed E-state index contributed by atoms with van der Waals surface area (Å²) < 4.78 is 13.0. The second kappa shape index (κ2) is 8.31. The highest BCUT2D eigenvalue weighted by atomic mass is 35.5. The average Bonchev–Trinajstić information content (AvgIpc) is 3.06. The van der Waals surface area contributed by atoms with Gasteiger partial charge in [0.1, 0.15) is 5.82 Å². The molecule has 0 saturated heterocycles. The van der Waals surface area contributed by atoms with Crippen LogP contribution >= 0.6 is 11.6 Å². The van der Waals surface area contributed by atoms with Crippen molar-refractivity contribution in [3.63, 3.8) is 0 Å². The first kappa shape index (κ1) is 20.2. The van der Waals surface area contributed by atoms with E-state index in [0.29, 0.717) is 42.8 Å². The molecule has 1 aromatic carbocycles. The molecule has 1 N–H and O–H groups in total. The summed E-state index contributed by atoms with van der Waals surface area (Å²) in [5.41, 5.74) is 2.71. The van der Waals surface area contributed by atoms with Gasteiger partial charge in [-0.25, -0.2) is 0 Å². The van der Waals surface area contributed by atoms with E-state index < -0.39 is 0 Å². The van der Waals surface area contributed by atoms with E-state index in [2.05, 4.69) is 20.6 Å². The maximum Gasteiger partial charge on any atom is 0.226 e. The van der Waals surface area contributed by atoms with E-state index in [1.54, 1.807) is 16.8 Å². The third-order valence-electron chi connectivity index (χ3n) is 4.91. The standard InChI is InChI=1S/C21H22ClN5O3/c1-4-29-15-7-6-13(10-16(15)30-5-2)14-11-19(28)23-21-20(14)12(3)26-27(21)18-9-8-17(22)24-25-18/h6-10,14H,4-5,11H2,1-3H3,(H,23,28)/t14-/m0/s1. The van der Waals surface area contributed by atoms with Crippen molar-refractivity contribution in [3.05, 3.63) is 52.3 Å². The van der Waals surface area contributed by atoms with Gasteiger partial charge in [-0.3, -0.25) is 4.79 Å². The number of aryl methyl sites for hydroxylation is 1. The van der Waals surface area contributed by atoms with Gasteiger partial charge in [-0.05, 0) is 50.6 Å². The zero-order valence-electron chi connectivity index (χ0n) is 17.0. The molecule has 0 radical (unpaired) electrons. The summed E-state index contributed by atoms with van der Waals surface area (Å²) in [5, 5.41) is 15.8. The molecular formula is C21H22ClN5O3. The van der Waals surface area contributed by atoms with E-state index in [-0.39, 0.29) is 17.0 Å². The Morgan fingerprint density at radius 2 is 1.90 bits per heavy atom. The highest BCUT2D eigenvalue weighted by Crippen LogP contribution is 2.42. The third kappa shape index (κ3) is 3.70. The van der Waals surface area contributed by atoms with Crippen LogP contribution in [-0.4, -0.2) is 39.1 Å². The monoisotopic (exact) mass is 427 g/mol. The van der Waals surface area contributed by atoms with Gasteiger partial charge in [0.15, 0.2) is 22.5 Å². The van der Waals surface area contributed by atoms with Crippen molar-refractivity contribution < 1.29 is 14.3 Å². The van der Waals surface area contributed by atoms with E-state index in [1.807, 2.05) is 39.0 Å². The largest absolute Gasteiger partial charge is 0.490 e. The summed E-state index contributed by atoms with van der Waals surface area (Å²) in [5.74, 6) is 2.16. The topological polar surface area (TPSA) is 91.2 Å². The Labute approximate surface area is 179 Å². The first-order chi connectivity index (χ1) is 14.5. The van der Waals surface area contributed by atoms with Gasteiger partial charge in [0, 0.05) is 17.9 Å². The number of rotatable bonds is 6. The number of halogens is 1. The fourth-order valence-corrected chi connectivity index (χ4v) is 3.80. The number of fused-ring (bicyclic) bond motifs is 1. The van der Waals surface area contributed by atoms with E-state index in [1.165, 1.54) is 0 Å². The predicted molar refractivity (Wildman–Crippen MR) is 113 cm³/mol. The van der Waals surface area contributed by atoms with Crippen LogP contribution in [0.3, 0.4) is 0 Å². The molecular weight excluding hydrogens is 406 g/mol. The first-order valence-electron chi connectivity index (χ1n) is 9.80. The van der Waals surface area contributed by atoms with Crippen molar-refractivity contribution in [2.45, 2.75) is 33.1 Å². The molecule has 2 aromatic heterocycles. The number of ether oxygens (including phenoxy) is 2. The molecule has 0 fully saturated rings. The fourth-order valence-electron chi connectivity index (χ4n) is 3.70. The quantitative estimate of drug-likeness (QED) is 0.641. The van der Waals surface area contributed by atoms with Gasteiger partial charge in [-0.1, -0.05) is 17.7 Å². The molecule has 0 spiro atoms. The molecule has 1 atom stereocenters. The Morgan fingerprint density at radius 3 is 2.60 bits per heavy atom. The van der Waals surface area contributed by atoms with E-state index in [4.69, 9.17) is 21.1 Å². The van der Waals surface area contributed by atoms with Gasteiger partial charge < -0.3 is 14.8 Å². The van der Waals surface area contributed by atoms with Crippen molar-refractivity contribution in [2.24, 2.45) is 0 Å². The molecule has 1 aliphatic heterocycles. The van der Waals surface area contributed by atoms with Crippen molar-refractivity contribution in [3.8, 4) is 17.3 Å². The molecule has 3 aromatic rings. The highest BCUT2D eigenvalue weighted by molar-refractivity contribution is 6.29. The van der Waals surface area contributed by atoms with E-state index in [0.717, 1.165) is 16.8 Å². The summed E-state index contributed by atoms with van der Waals surface area (Å²) in [4.78, 5) is 12.6. The summed E-state index contributed by atoms with van der Waals surface area (Å²) in [7, 11) is 0. The number of hydrogen-bond acceptors (Lipinski definition) is 6. The summed E-state index contributed by atoms with van der Waals surface area (Å²) >= 11 is 5.85. The number of anilines is 1. The molecule has 0 unspecified atom stereocenters. The highest BCUT2D eigenvalue weighted by Gasteiger charge is 2.33. The first-order valence-corrected chi connectivity index (χ1v) is 10.2. The summed E-state index contributed by atoms with van der Waals surface area (Å²) in [6, 6.07) is 9.15. The van der Waals surface area contributed by atoms with E-state index >= 15 is 0 Å². The second-order valence-corrected chi connectivity index (χ2v) is 7.24. The van der Waals surface area contributed by atoms with Gasteiger partial charge in [0.25, 0.3) is 0 Å². The van der Waals surface area contributed by atoms with Crippen molar-refractivity contribution >= 4 is 23.3 Å². The van der Waals surface area contributed by atoms with Crippen LogP contribution in [0.25, 0.3) is 5.82 Å². The normalized spacial score (nSPS) is 15.5. The lowest BCUT2D eigenvalue weighted by atomic mass is 9.85. The van der Waals surface area contributed by atoms with Crippen LogP contribution in [-0.2, 0) is 4.79 Å². The molecule has 3 heterocycles. The summed E-state index contributed by atoms with van der Waals surface area (Å²) in [6.07, 6.45) is 0.311. The zero-order valence-corrected chi connectivity index (χ0v) is 17.7. The van der Waals surface area contributed by atoms with Crippen molar-refractivity contribution in [1.82, 2.24) is 20.0 Å². The minimum Gasteiger partial charge on any atom is -0.490 e. The number of aromatic nitrogens is 4. The number of nitrogens with one attached hydrogen (secondary N) is 1. The number of hydrogen-bond donors (Lipinski definition) is 1. The average molecular weight is 428 g/mol. The van der Waals surface area contributed by atoms with Gasteiger partial charge in [0.2, 0.25) is 5.91 Å². The second-order valence-electron chi connectivity index (χ2n) is 6.85. The molecule has 1 amide bonds. The predicted octanol–water partition coefficient (Wildman–Crippen LogP) is 3.90. The number of amides is 1. The number of carbonyl (C=O) groups excluding carboxylic acids is 1. The maximum atomic E-state index is 12.6. The van der Waals surface area contributed by atoms with Gasteiger partial charge >= 0.3 is 0 Å². The third-order valence-corrected chi connectivity index (χ3v) is 5.11. The van der Waals surface area contributed by atoms with Crippen LogP contribution in [0.15, 0.2) is 30.3 Å². The van der Waals surface area contributed by atoms with Crippen LogP contribution in [0.5, 0.6) is 11.5 Å². The molecule has 4 rings (SSSR count). The zero-order chi connectivity index (χ0) is 21.3. The van der Waals surface area contributed by atoms with Crippen LogP contribution in [0.4, 0.5) is 5.82 Å². The van der Waals surface area contributed by atoms with Gasteiger partial charge in [0.05, 0.1) is 18.9 Å². The Bertz CT molecular complexity index is 1080. The lowest BCUT2D eigenvalue weighted by Crippen LogP contribution is -2.25. The molecule has 0 aliphatic carbocycles. The number of carbonyl (C=O) groups is 1. The lowest BCUT2D eigenvalue weighted by molar-refractivity contribution is -0.116. The van der Waals surface area contributed by atoms with Gasteiger partial charge in [-0.2, -0.15) is 9.78 Å². The minimum absolute atomic E-state index is 0.0950. The van der Waals surface area contributed by atoms with Gasteiger partial charge in [-0.15, -0.1) is 10.2 Å². The molecule has 1 aliphatic rings. The Kier molecular flexibility index (Phi) is 5.59. The molecule has 8 nitrogen and oxygen atoms in total. The number of nitrogens with zero attached hydrogens (tertiary/aromatic N) is 4. The number of benzene rings is 1.